The largest absolute Gasteiger partial charge is 0.300 e. The number of hydrogen-bond donors (Lipinski definition) is 0. The van der Waals surface area contributed by atoms with E-state index in [-0.39, 0.29) is 18.9 Å². The third-order valence-electron chi connectivity index (χ3n) is 3.12. The zero-order valence-electron chi connectivity index (χ0n) is 11.7. The Morgan fingerprint density at radius 1 is 0.938 bits per heavy atom. The number of hydrogen-bond acceptors (Lipinski definition) is 1. The van der Waals surface area contributed by atoms with Crippen molar-refractivity contribution < 1.29 is 0 Å². The molecule has 0 amide bonds. The van der Waals surface area contributed by atoms with Gasteiger partial charge in [-0.2, -0.15) is 0 Å². The Kier molecular flexibility index (Phi) is 7.07. The molecule has 0 aliphatic rings. The summed E-state index contributed by atoms with van der Waals surface area (Å²) in [5, 5.41) is 0. The monoisotopic (exact) mass is 212 g/mol. The average molecular weight is 212 g/mol. The molecule has 1 rings (SSSR count). The molecular weight excluding hydrogens is 189 g/mol. The molecule has 0 N–H and O–H groups in total. The fraction of sp³-hybridized carbons (Fsp3) is 0.571. The van der Waals surface area contributed by atoms with Gasteiger partial charge >= 0.3 is 0 Å². The molecule has 0 saturated heterocycles. The summed E-state index contributed by atoms with van der Waals surface area (Å²) < 4.78 is 0. The first-order valence-corrected chi connectivity index (χ1v) is 5.87. The van der Waals surface area contributed by atoms with Crippen LogP contribution >= 0.6 is 0 Å². The summed E-state index contributed by atoms with van der Waals surface area (Å²) in [4.78, 5) is 2.46. The van der Waals surface area contributed by atoms with Gasteiger partial charge in [0.1, 0.15) is 0 Å². The Bertz CT molecular complexity index is 307. The molecule has 0 bridgehead atoms. The second kappa shape index (κ2) is 7.17. The van der Waals surface area contributed by atoms with E-state index in [1.165, 1.54) is 22.3 Å². The van der Waals surface area contributed by atoms with Gasteiger partial charge in [-0.1, -0.05) is 31.5 Å². The smallest absolute Gasteiger partial charge is 0.0238 e. The van der Waals surface area contributed by atoms with E-state index in [1.807, 2.05) is 0 Å². The zero-order valence-corrected chi connectivity index (χ0v) is 11.7. The van der Waals surface area contributed by atoms with Gasteiger partial charge in [-0.15, -0.1) is 0 Å². The van der Waals surface area contributed by atoms with Crippen LogP contribution < -0.4 is 0 Å². The van der Waals surface area contributed by atoms with Crippen molar-refractivity contribution in [2.75, 3.05) is 13.1 Å². The van der Waals surface area contributed by atoms with Crippen LogP contribution in [0.4, 0.5) is 0 Å². The molecule has 1 radical (unpaired) electrons. The number of nitrogens with zero attached hydrogens (tertiary/aromatic N) is 1. The molecule has 0 aliphatic heterocycles. The summed E-state index contributed by atoms with van der Waals surface area (Å²) >= 11 is 0. The van der Waals surface area contributed by atoms with E-state index < -0.39 is 0 Å². The van der Waals surface area contributed by atoms with Crippen LogP contribution in [0.2, 0.25) is 0 Å². The van der Waals surface area contributed by atoms with Crippen LogP contribution in [0.25, 0.3) is 0 Å². The van der Waals surface area contributed by atoms with E-state index in [4.69, 9.17) is 0 Å². The van der Waals surface area contributed by atoms with Gasteiger partial charge in [0.05, 0.1) is 0 Å². The van der Waals surface area contributed by atoms with E-state index in [2.05, 4.69) is 51.7 Å². The van der Waals surface area contributed by atoms with Crippen LogP contribution in [0.1, 0.15) is 36.1 Å². The van der Waals surface area contributed by atoms with E-state index in [9.17, 15) is 0 Å². The summed E-state index contributed by atoms with van der Waals surface area (Å²) in [6.45, 7) is 14.4. The van der Waals surface area contributed by atoms with E-state index in [0.29, 0.717) is 0 Å². The second-order valence-electron chi connectivity index (χ2n) is 4.34. The Morgan fingerprint density at radius 2 is 1.38 bits per heavy atom. The predicted molar refractivity (Wildman–Crippen MR) is 73.0 cm³/mol. The minimum atomic E-state index is 0. The zero-order chi connectivity index (χ0) is 11.4. The number of benzene rings is 1. The normalized spacial score (nSPS) is 10.4. The van der Waals surface area contributed by atoms with E-state index in [1.54, 1.807) is 0 Å². The molecule has 0 aliphatic carbocycles. The maximum atomic E-state index is 2.46. The Morgan fingerprint density at radius 3 is 1.75 bits per heavy atom. The summed E-state index contributed by atoms with van der Waals surface area (Å²) in [6, 6.07) is 4.57. The maximum absolute atomic E-state index is 2.46. The SMILES string of the molecule is CCN(CC)Cc1c(C)cc(C)cc1C.[Li]. The van der Waals surface area contributed by atoms with Crippen molar-refractivity contribution >= 4 is 18.9 Å². The van der Waals surface area contributed by atoms with Crippen molar-refractivity contribution in [1.29, 1.82) is 0 Å². The number of rotatable bonds is 4. The summed E-state index contributed by atoms with van der Waals surface area (Å²) in [7, 11) is 0. The van der Waals surface area contributed by atoms with Crippen molar-refractivity contribution in [3.05, 3.63) is 34.4 Å². The van der Waals surface area contributed by atoms with Crippen LogP contribution in [0.15, 0.2) is 12.1 Å². The van der Waals surface area contributed by atoms with Crippen LogP contribution in [-0.4, -0.2) is 36.9 Å². The molecule has 85 valence electrons. The van der Waals surface area contributed by atoms with Gasteiger partial charge < -0.3 is 0 Å². The molecule has 0 atom stereocenters. The standard InChI is InChI=1S/C14H23N.Li/c1-6-15(7-2)10-14-12(4)8-11(3)9-13(14)5;/h8-9H,6-7,10H2,1-5H3;. The minimum Gasteiger partial charge on any atom is -0.300 e. The first-order valence-electron chi connectivity index (χ1n) is 5.87. The quantitative estimate of drug-likeness (QED) is 0.693. The fourth-order valence-electron chi connectivity index (χ4n) is 2.13. The molecule has 2 heteroatoms. The first kappa shape index (κ1) is 15.8. The van der Waals surface area contributed by atoms with Gasteiger partial charge in [0.2, 0.25) is 0 Å². The van der Waals surface area contributed by atoms with E-state index in [0.717, 1.165) is 19.6 Å². The Hall–Kier alpha value is -0.223. The molecule has 1 aromatic carbocycles. The predicted octanol–water partition coefficient (Wildman–Crippen LogP) is 3.07. The second-order valence-corrected chi connectivity index (χ2v) is 4.34. The third kappa shape index (κ3) is 3.98. The van der Waals surface area contributed by atoms with Crippen molar-refractivity contribution in [2.24, 2.45) is 0 Å². The third-order valence-corrected chi connectivity index (χ3v) is 3.12. The molecule has 1 nitrogen and oxygen atoms in total. The molecule has 0 spiro atoms. The van der Waals surface area contributed by atoms with Crippen molar-refractivity contribution in [2.45, 2.75) is 41.2 Å². The topological polar surface area (TPSA) is 3.24 Å². The molecule has 0 saturated carbocycles. The molecular formula is C14H23LiN. The van der Waals surface area contributed by atoms with Crippen LogP contribution in [0, 0.1) is 20.8 Å². The first-order chi connectivity index (χ1) is 7.08. The van der Waals surface area contributed by atoms with Crippen molar-refractivity contribution in [1.82, 2.24) is 4.90 Å². The van der Waals surface area contributed by atoms with Gasteiger partial charge in [0.25, 0.3) is 0 Å². The van der Waals surface area contributed by atoms with Gasteiger partial charge in [-0.25, -0.2) is 0 Å². The van der Waals surface area contributed by atoms with Crippen LogP contribution in [0.5, 0.6) is 0 Å². The number of aryl methyl sites for hydroxylation is 3. The Labute approximate surface area is 112 Å². The van der Waals surface area contributed by atoms with Crippen LogP contribution in [-0.2, 0) is 6.54 Å². The van der Waals surface area contributed by atoms with Gasteiger partial charge in [-0.05, 0) is 50.6 Å². The molecule has 0 fully saturated rings. The van der Waals surface area contributed by atoms with Gasteiger partial charge in [0, 0.05) is 25.4 Å². The summed E-state index contributed by atoms with van der Waals surface area (Å²) in [5.74, 6) is 0. The molecule has 0 aromatic heterocycles. The Balaban J connectivity index is 0.00000225. The summed E-state index contributed by atoms with van der Waals surface area (Å²) in [5.41, 5.74) is 5.73. The minimum absolute atomic E-state index is 0. The van der Waals surface area contributed by atoms with E-state index >= 15 is 0 Å². The molecule has 0 unspecified atom stereocenters. The van der Waals surface area contributed by atoms with Crippen molar-refractivity contribution in [3.8, 4) is 0 Å². The summed E-state index contributed by atoms with van der Waals surface area (Å²) in [6.07, 6.45) is 0. The molecule has 1 aromatic rings. The van der Waals surface area contributed by atoms with Crippen molar-refractivity contribution in [3.63, 3.8) is 0 Å². The fourth-order valence-corrected chi connectivity index (χ4v) is 2.13. The molecule has 0 heterocycles. The average Bonchev–Trinajstić information content (AvgIpc) is 2.17. The molecule has 16 heavy (non-hydrogen) atoms. The van der Waals surface area contributed by atoms with Gasteiger partial charge in [0.15, 0.2) is 0 Å². The van der Waals surface area contributed by atoms with Gasteiger partial charge in [-0.3, -0.25) is 4.90 Å². The van der Waals surface area contributed by atoms with Crippen LogP contribution in [0.3, 0.4) is 0 Å². The maximum Gasteiger partial charge on any atom is 0.0238 e.